The number of hydrogen-bond acceptors (Lipinski definition) is 5. The summed E-state index contributed by atoms with van der Waals surface area (Å²) in [5, 5.41) is 0.790. The van der Waals surface area contributed by atoms with Gasteiger partial charge in [0.2, 0.25) is 5.95 Å². The maximum Gasteiger partial charge on any atom is 0.225 e. The van der Waals surface area contributed by atoms with Gasteiger partial charge in [-0.1, -0.05) is 0 Å². The Hall–Kier alpha value is -0.810. The third kappa shape index (κ3) is 3.33. The third-order valence-corrected chi connectivity index (χ3v) is 4.34. The van der Waals surface area contributed by atoms with Gasteiger partial charge in [-0.05, 0) is 31.6 Å². The Morgan fingerprint density at radius 1 is 1.47 bits per heavy atom. The summed E-state index contributed by atoms with van der Waals surface area (Å²) in [6.07, 6.45) is 7.75. The van der Waals surface area contributed by atoms with E-state index < -0.39 is 0 Å². The lowest BCUT2D eigenvalue weighted by Crippen LogP contribution is -2.26. The molecule has 4 nitrogen and oxygen atoms in total. The SMILES string of the molecule is CSC1CCCN(c2nccc(CN)n2)CC1. The number of thioether (sulfide) groups is 1. The predicted octanol–water partition coefficient (Wildman–Crippen LogP) is 1.66. The summed E-state index contributed by atoms with van der Waals surface area (Å²) in [4.78, 5) is 11.1. The molecule has 0 bridgehead atoms. The molecule has 1 aliphatic rings. The van der Waals surface area contributed by atoms with Crippen LogP contribution >= 0.6 is 11.8 Å². The Morgan fingerprint density at radius 3 is 3.12 bits per heavy atom. The summed E-state index contributed by atoms with van der Waals surface area (Å²) in [7, 11) is 0. The van der Waals surface area contributed by atoms with E-state index in [1.807, 2.05) is 24.0 Å². The largest absolute Gasteiger partial charge is 0.341 e. The van der Waals surface area contributed by atoms with Gasteiger partial charge in [-0.2, -0.15) is 11.8 Å². The van der Waals surface area contributed by atoms with Crippen LogP contribution in [0.25, 0.3) is 0 Å². The highest BCUT2D eigenvalue weighted by atomic mass is 32.2. The molecule has 17 heavy (non-hydrogen) atoms. The molecule has 1 atom stereocenters. The Kier molecular flexibility index (Phi) is 4.62. The topological polar surface area (TPSA) is 55.0 Å². The van der Waals surface area contributed by atoms with Crippen molar-refractivity contribution < 1.29 is 0 Å². The predicted molar refractivity (Wildman–Crippen MR) is 73.3 cm³/mol. The van der Waals surface area contributed by atoms with Crippen molar-refractivity contribution in [2.75, 3.05) is 24.2 Å². The summed E-state index contributed by atoms with van der Waals surface area (Å²) in [6.45, 7) is 2.60. The fraction of sp³-hybridized carbons (Fsp3) is 0.667. The number of rotatable bonds is 3. The Labute approximate surface area is 107 Å². The number of nitrogens with two attached hydrogens (primary N) is 1. The van der Waals surface area contributed by atoms with Crippen LogP contribution in [0.4, 0.5) is 5.95 Å². The second-order valence-electron chi connectivity index (χ2n) is 4.33. The fourth-order valence-corrected chi connectivity index (χ4v) is 2.90. The van der Waals surface area contributed by atoms with E-state index in [1.165, 1.54) is 19.3 Å². The van der Waals surface area contributed by atoms with Gasteiger partial charge in [0.25, 0.3) is 0 Å². The lowest BCUT2D eigenvalue weighted by atomic mass is 10.2. The van der Waals surface area contributed by atoms with Crippen molar-refractivity contribution in [2.45, 2.75) is 31.1 Å². The Morgan fingerprint density at radius 2 is 2.35 bits per heavy atom. The molecular weight excluding hydrogens is 232 g/mol. The molecular formula is C12H20N4S. The van der Waals surface area contributed by atoms with Crippen LogP contribution in [0.1, 0.15) is 25.0 Å². The van der Waals surface area contributed by atoms with Gasteiger partial charge in [0.05, 0.1) is 5.69 Å². The second-order valence-corrected chi connectivity index (χ2v) is 5.47. The van der Waals surface area contributed by atoms with Crippen LogP contribution in [0.15, 0.2) is 12.3 Å². The first-order valence-corrected chi connectivity index (χ1v) is 7.42. The van der Waals surface area contributed by atoms with Crippen molar-refractivity contribution in [1.82, 2.24) is 9.97 Å². The molecule has 0 spiro atoms. The van der Waals surface area contributed by atoms with Gasteiger partial charge in [0.1, 0.15) is 0 Å². The maximum atomic E-state index is 5.61. The minimum absolute atomic E-state index is 0.483. The molecule has 2 rings (SSSR count). The second kappa shape index (κ2) is 6.21. The average molecular weight is 252 g/mol. The van der Waals surface area contributed by atoms with E-state index in [0.29, 0.717) is 6.54 Å². The van der Waals surface area contributed by atoms with Crippen LogP contribution < -0.4 is 10.6 Å². The number of hydrogen-bond donors (Lipinski definition) is 1. The summed E-state index contributed by atoms with van der Waals surface area (Å²) >= 11 is 1.98. The number of nitrogens with zero attached hydrogens (tertiary/aromatic N) is 3. The first-order valence-electron chi connectivity index (χ1n) is 6.13. The van der Waals surface area contributed by atoms with Gasteiger partial charge in [-0.15, -0.1) is 0 Å². The zero-order valence-corrected chi connectivity index (χ0v) is 11.1. The molecule has 2 heterocycles. The van der Waals surface area contributed by atoms with Gasteiger partial charge in [0, 0.05) is 31.1 Å². The van der Waals surface area contributed by atoms with Crippen LogP contribution in [0, 0.1) is 0 Å². The molecule has 1 aliphatic heterocycles. The van der Waals surface area contributed by atoms with Crippen molar-refractivity contribution in [1.29, 1.82) is 0 Å². The molecule has 0 aromatic carbocycles. The quantitative estimate of drug-likeness (QED) is 0.886. The Balaban J connectivity index is 2.05. The molecule has 0 radical (unpaired) electrons. The molecule has 2 N–H and O–H groups in total. The lowest BCUT2D eigenvalue weighted by Gasteiger charge is -2.20. The van der Waals surface area contributed by atoms with Crippen molar-refractivity contribution in [2.24, 2.45) is 5.73 Å². The van der Waals surface area contributed by atoms with Crippen molar-refractivity contribution in [3.8, 4) is 0 Å². The van der Waals surface area contributed by atoms with Crippen LogP contribution in [0.2, 0.25) is 0 Å². The third-order valence-electron chi connectivity index (χ3n) is 3.20. The first-order chi connectivity index (χ1) is 8.33. The molecule has 1 fully saturated rings. The van der Waals surface area contributed by atoms with E-state index in [2.05, 4.69) is 21.1 Å². The van der Waals surface area contributed by atoms with Crippen molar-refractivity contribution >= 4 is 17.7 Å². The smallest absolute Gasteiger partial charge is 0.225 e. The number of anilines is 1. The maximum absolute atomic E-state index is 5.61. The highest BCUT2D eigenvalue weighted by Crippen LogP contribution is 2.22. The standard InChI is InChI=1S/C12H20N4S/c1-17-11-3-2-7-16(8-5-11)12-14-6-4-10(9-13)15-12/h4,6,11H,2-3,5,7-9,13H2,1H3. The Bertz CT molecular complexity index is 358. The van der Waals surface area contributed by atoms with Crippen molar-refractivity contribution in [3.05, 3.63) is 18.0 Å². The lowest BCUT2D eigenvalue weighted by molar-refractivity contribution is 0.744. The highest BCUT2D eigenvalue weighted by Gasteiger charge is 2.17. The van der Waals surface area contributed by atoms with E-state index >= 15 is 0 Å². The van der Waals surface area contributed by atoms with Gasteiger partial charge in [-0.3, -0.25) is 0 Å². The van der Waals surface area contributed by atoms with E-state index in [4.69, 9.17) is 5.73 Å². The molecule has 1 saturated heterocycles. The van der Waals surface area contributed by atoms with Gasteiger partial charge >= 0.3 is 0 Å². The molecule has 5 heteroatoms. The summed E-state index contributed by atoms with van der Waals surface area (Å²) < 4.78 is 0. The highest BCUT2D eigenvalue weighted by molar-refractivity contribution is 7.99. The molecule has 1 unspecified atom stereocenters. The monoisotopic (exact) mass is 252 g/mol. The van der Waals surface area contributed by atoms with E-state index in [1.54, 1.807) is 0 Å². The zero-order chi connectivity index (χ0) is 12.1. The van der Waals surface area contributed by atoms with E-state index in [-0.39, 0.29) is 0 Å². The first kappa shape index (κ1) is 12.6. The van der Waals surface area contributed by atoms with Gasteiger partial charge < -0.3 is 10.6 Å². The summed E-state index contributed by atoms with van der Waals surface area (Å²) in [5.74, 6) is 0.842. The molecule has 0 saturated carbocycles. The molecule has 1 aromatic heterocycles. The van der Waals surface area contributed by atoms with Gasteiger partial charge in [-0.25, -0.2) is 9.97 Å². The summed E-state index contributed by atoms with van der Waals surface area (Å²) in [6, 6.07) is 1.88. The average Bonchev–Trinajstić information content (AvgIpc) is 2.64. The number of aromatic nitrogens is 2. The molecule has 1 aromatic rings. The molecule has 94 valence electrons. The van der Waals surface area contributed by atoms with Crippen LogP contribution in [-0.4, -0.2) is 34.6 Å². The fourth-order valence-electron chi connectivity index (χ4n) is 2.15. The summed E-state index contributed by atoms with van der Waals surface area (Å²) in [5.41, 5.74) is 6.53. The van der Waals surface area contributed by atoms with E-state index in [9.17, 15) is 0 Å². The molecule has 0 aliphatic carbocycles. The minimum Gasteiger partial charge on any atom is -0.341 e. The zero-order valence-electron chi connectivity index (χ0n) is 10.3. The van der Waals surface area contributed by atoms with Gasteiger partial charge in [0.15, 0.2) is 0 Å². The van der Waals surface area contributed by atoms with Crippen LogP contribution in [-0.2, 0) is 6.54 Å². The van der Waals surface area contributed by atoms with Crippen LogP contribution in [0.3, 0.4) is 0 Å². The van der Waals surface area contributed by atoms with Crippen molar-refractivity contribution in [3.63, 3.8) is 0 Å². The van der Waals surface area contributed by atoms with Crippen LogP contribution in [0.5, 0.6) is 0 Å². The normalized spacial score (nSPS) is 21.3. The molecule has 0 amide bonds. The minimum atomic E-state index is 0.483. The van der Waals surface area contributed by atoms with E-state index in [0.717, 1.165) is 30.0 Å².